The zero-order chi connectivity index (χ0) is 17.8. The zero-order valence-corrected chi connectivity index (χ0v) is 15.8. The third-order valence-corrected chi connectivity index (χ3v) is 5.95. The maximum atomic E-state index is 6.36. The average Bonchev–Trinajstić information content (AvgIpc) is 3.20. The number of aryl methyl sites for hydroxylation is 1. The third kappa shape index (κ3) is 2.85. The fourth-order valence-electron chi connectivity index (χ4n) is 3.69. The number of ether oxygens (including phenoxy) is 1. The highest BCUT2D eigenvalue weighted by Crippen LogP contribution is 2.37. The van der Waals surface area contributed by atoms with E-state index in [9.17, 15) is 0 Å². The van der Waals surface area contributed by atoms with Crippen LogP contribution in [0.25, 0.3) is 10.9 Å². The van der Waals surface area contributed by atoms with Crippen LogP contribution in [-0.4, -0.2) is 34.6 Å². The second-order valence-electron chi connectivity index (χ2n) is 8.36. The molecule has 134 valence electrons. The maximum Gasteiger partial charge on any atom is 0.495 e. The Labute approximate surface area is 149 Å². The number of aromatic amines is 1. The van der Waals surface area contributed by atoms with E-state index in [2.05, 4.69) is 50.0 Å². The molecule has 1 N–H and O–H groups in total. The van der Waals surface area contributed by atoms with Crippen LogP contribution in [0.15, 0.2) is 12.1 Å². The van der Waals surface area contributed by atoms with E-state index < -0.39 is 7.12 Å². The summed E-state index contributed by atoms with van der Waals surface area (Å²) >= 11 is 0. The number of nitrogens with zero attached hydrogens (tertiary/aromatic N) is 1. The molecule has 4 rings (SSSR count). The summed E-state index contributed by atoms with van der Waals surface area (Å²) in [5, 5.41) is 8.55. The Kier molecular flexibility index (Phi) is 3.89. The van der Waals surface area contributed by atoms with E-state index in [4.69, 9.17) is 14.0 Å². The average molecular weight is 342 g/mol. The van der Waals surface area contributed by atoms with Gasteiger partial charge in [0.1, 0.15) is 5.75 Å². The molecule has 0 atom stereocenters. The lowest BCUT2D eigenvalue weighted by atomic mass is 9.78. The van der Waals surface area contributed by atoms with E-state index >= 15 is 0 Å². The number of nitrogens with one attached hydrogen (secondary N) is 1. The second-order valence-corrected chi connectivity index (χ2v) is 8.36. The number of fused-ring (bicyclic) bond motifs is 1. The largest absolute Gasteiger partial charge is 0.495 e. The van der Waals surface area contributed by atoms with E-state index in [1.54, 1.807) is 0 Å². The van der Waals surface area contributed by atoms with E-state index in [0.717, 1.165) is 40.7 Å². The van der Waals surface area contributed by atoms with Gasteiger partial charge in [-0.25, -0.2) is 0 Å². The van der Waals surface area contributed by atoms with Crippen molar-refractivity contribution in [2.45, 2.75) is 77.6 Å². The number of aromatic nitrogens is 2. The van der Waals surface area contributed by atoms with Crippen LogP contribution in [0.5, 0.6) is 5.75 Å². The van der Waals surface area contributed by atoms with E-state index in [1.807, 2.05) is 6.92 Å². The van der Waals surface area contributed by atoms with E-state index in [0.29, 0.717) is 6.10 Å². The van der Waals surface area contributed by atoms with Gasteiger partial charge in [0, 0.05) is 0 Å². The predicted molar refractivity (Wildman–Crippen MR) is 99.4 cm³/mol. The van der Waals surface area contributed by atoms with Crippen molar-refractivity contribution in [2.75, 3.05) is 0 Å². The first-order valence-electron chi connectivity index (χ1n) is 9.28. The minimum atomic E-state index is -0.399. The molecule has 0 spiro atoms. The Balaban J connectivity index is 1.73. The molecule has 1 aromatic heterocycles. The molecule has 0 unspecified atom stereocenters. The lowest BCUT2D eigenvalue weighted by Gasteiger charge is -2.32. The van der Waals surface area contributed by atoms with Crippen LogP contribution in [0.1, 0.15) is 59.1 Å². The first-order chi connectivity index (χ1) is 11.8. The standard InChI is InChI=1S/C19H27BN2O3/c1-12-17-15(22-21-12)10-13(11-16(17)23-14-8-6-7-9-14)20-24-18(2,3)19(4,5)25-20/h10-11,14H,6-9H2,1-5H3,(H,21,22). The van der Waals surface area contributed by atoms with Crippen molar-refractivity contribution in [2.24, 2.45) is 0 Å². The summed E-state index contributed by atoms with van der Waals surface area (Å²) < 4.78 is 18.8. The molecule has 0 bridgehead atoms. The van der Waals surface area contributed by atoms with Gasteiger partial charge in [-0.2, -0.15) is 5.10 Å². The smallest absolute Gasteiger partial charge is 0.490 e. The Morgan fingerprint density at radius 2 is 1.76 bits per heavy atom. The molecule has 1 saturated heterocycles. The van der Waals surface area contributed by atoms with Gasteiger partial charge in [0.25, 0.3) is 0 Å². The Hall–Kier alpha value is -1.53. The SMILES string of the molecule is Cc1n[nH]c2cc(B3OC(C)(C)C(C)(C)O3)cc(OC3CCCC3)c12. The van der Waals surface area contributed by atoms with Crippen molar-refractivity contribution in [3.8, 4) is 5.75 Å². The zero-order valence-electron chi connectivity index (χ0n) is 15.8. The van der Waals surface area contributed by atoms with Crippen molar-refractivity contribution in [3.05, 3.63) is 17.8 Å². The minimum absolute atomic E-state index is 0.297. The summed E-state index contributed by atoms with van der Waals surface area (Å²) in [4.78, 5) is 0. The van der Waals surface area contributed by atoms with Crippen LogP contribution < -0.4 is 10.2 Å². The molecule has 0 radical (unpaired) electrons. The van der Waals surface area contributed by atoms with Gasteiger partial charge < -0.3 is 14.0 Å². The Morgan fingerprint density at radius 1 is 1.12 bits per heavy atom. The molecular formula is C19H27BN2O3. The van der Waals surface area contributed by atoms with E-state index in [1.165, 1.54) is 12.8 Å². The molecule has 25 heavy (non-hydrogen) atoms. The maximum absolute atomic E-state index is 6.36. The summed E-state index contributed by atoms with van der Waals surface area (Å²) in [7, 11) is -0.399. The monoisotopic (exact) mass is 342 g/mol. The highest BCUT2D eigenvalue weighted by atomic mass is 16.7. The van der Waals surface area contributed by atoms with Gasteiger partial charge in [-0.3, -0.25) is 5.10 Å². The van der Waals surface area contributed by atoms with Crippen molar-refractivity contribution in [1.29, 1.82) is 0 Å². The van der Waals surface area contributed by atoms with Gasteiger partial charge in [0.15, 0.2) is 0 Å². The van der Waals surface area contributed by atoms with Crippen LogP contribution in [-0.2, 0) is 9.31 Å². The van der Waals surface area contributed by atoms with Crippen molar-refractivity contribution >= 4 is 23.5 Å². The molecule has 2 heterocycles. The topological polar surface area (TPSA) is 56.4 Å². The lowest BCUT2D eigenvalue weighted by Crippen LogP contribution is -2.41. The summed E-state index contributed by atoms with van der Waals surface area (Å²) in [5.41, 5.74) is 2.19. The number of hydrogen-bond donors (Lipinski definition) is 1. The molecule has 1 aliphatic carbocycles. The van der Waals surface area contributed by atoms with Gasteiger partial charge in [0.2, 0.25) is 0 Å². The molecular weight excluding hydrogens is 315 g/mol. The van der Waals surface area contributed by atoms with Gasteiger partial charge in [0.05, 0.1) is 33.9 Å². The third-order valence-electron chi connectivity index (χ3n) is 5.95. The summed E-state index contributed by atoms with van der Waals surface area (Å²) in [6.07, 6.45) is 5.04. The van der Waals surface area contributed by atoms with Crippen LogP contribution >= 0.6 is 0 Å². The minimum Gasteiger partial charge on any atom is -0.490 e. The number of H-pyrrole nitrogens is 1. The summed E-state index contributed by atoms with van der Waals surface area (Å²) in [6.45, 7) is 10.3. The summed E-state index contributed by atoms with van der Waals surface area (Å²) in [6, 6.07) is 4.14. The second kappa shape index (κ2) is 5.75. The molecule has 1 aliphatic heterocycles. The van der Waals surface area contributed by atoms with Crippen LogP contribution in [0.4, 0.5) is 0 Å². The first kappa shape index (κ1) is 16.9. The molecule has 1 aromatic carbocycles. The molecule has 2 aliphatic rings. The molecule has 1 saturated carbocycles. The Bertz CT molecular complexity index is 777. The van der Waals surface area contributed by atoms with Crippen molar-refractivity contribution in [3.63, 3.8) is 0 Å². The quantitative estimate of drug-likeness (QED) is 0.868. The molecule has 5 nitrogen and oxygen atoms in total. The van der Waals surface area contributed by atoms with Crippen LogP contribution in [0, 0.1) is 6.92 Å². The van der Waals surface area contributed by atoms with Gasteiger partial charge in [-0.15, -0.1) is 0 Å². The van der Waals surface area contributed by atoms with E-state index in [-0.39, 0.29) is 11.2 Å². The van der Waals surface area contributed by atoms with Crippen LogP contribution in [0.2, 0.25) is 0 Å². The van der Waals surface area contributed by atoms with Gasteiger partial charge in [-0.05, 0) is 77.9 Å². The highest BCUT2D eigenvalue weighted by Gasteiger charge is 2.51. The molecule has 6 heteroatoms. The fraction of sp³-hybridized carbons (Fsp3) is 0.632. The molecule has 2 aromatic rings. The fourth-order valence-corrected chi connectivity index (χ4v) is 3.69. The van der Waals surface area contributed by atoms with Gasteiger partial charge >= 0.3 is 7.12 Å². The van der Waals surface area contributed by atoms with Crippen molar-refractivity contribution in [1.82, 2.24) is 10.2 Å². The van der Waals surface area contributed by atoms with Gasteiger partial charge in [-0.1, -0.05) is 0 Å². The lowest BCUT2D eigenvalue weighted by molar-refractivity contribution is 0.00578. The highest BCUT2D eigenvalue weighted by molar-refractivity contribution is 6.62. The Morgan fingerprint density at radius 3 is 2.40 bits per heavy atom. The normalized spacial score (nSPS) is 22.8. The molecule has 0 amide bonds. The number of benzene rings is 1. The first-order valence-corrected chi connectivity index (χ1v) is 9.28. The summed E-state index contributed by atoms with van der Waals surface area (Å²) in [5.74, 6) is 0.889. The number of rotatable bonds is 3. The molecule has 2 fully saturated rings. The van der Waals surface area contributed by atoms with Crippen LogP contribution in [0.3, 0.4) is 0 Å². The predicted octanol–water partition coefficient (Wildman–Crippen LogP) is 3.49. The van der Waals surface area contributed by atoms with Crippen molar-refractivity contribution < 1.29 is 14.0 Å². The number of hydrogen-bond acceptors (Lipinski definition) is 4.